The Kier molecular flexibility index (Phi) is 9.04. The molecule has 33 heavy (non-hydrogen) atoms. The standard InChI is InChI=1S/C27H35NO5/c1-2-3-4-5-6-7-8-9-10-11-12-28-27(32)24-16-22(31)17-26-23(24)18-25(33-26)19-13-20(29)15-21(30)14-19/h13-18,29-31H,2-12H2,1H3,(H,28,32). The van der Waals surface area contributed by atoms with Crippen LogP contribution in [-0.2, 0) is 0 Å². The molecule has 0 radical (unpaired) electrons. The number of phenolic OH excluding ortho intramolecular Hbond substituents is 3. The summed E-state index contributed by atoms with van der Waals surface area (Å²) >= 11 is 0. The van der Waals surface area contributed by atoms with Crippen LogP contribution in [0.1, 0.15) is 81.5 Å². The maximum atomic E-state index is 12.8. The summed E-state index contributed by atoms with van der Waals surface area (Å²) in [7, 11) is 0. The minimum atomic E-state index is -0.266. The van der Waals surface area contributed by atoms with Gasteiger partial charge < -0.3 is 25.1 Å². The van der Waals surface area contributed by atoms with Crippen molar-refractivity contribution in [1.29, 1.82) is 0 Å². The Bertz CT molecular complexity index is 1040. The molecule has 0 bridgehead atoms. The van der Waals surface area contributed by atoms with E-state index in [9.17, 15) is 20.1 Å². The van der Waals surface area contributed by atoms with E-state index in [-0.39, 0.29) is 23.2 Å². The van der Waals surface area contributed by atoms with E-state index in [0.717, 1.165) is 12.8 Å². The van der Waals surface area contributed by atoms with Crippen LogP contribution in [0.15, 0.2) is 40.8 Å². The van der Waals surface area contributed by atoms with E-state index in [1.807, 2.05) is 0 Å². The number of carbonyl (C=O) groups excluding carboxylic acids is 1. The van der Waals surface area contributed by atoms with Gasteiger partial charge in [0.25, 0.3) is 5.91 Å². The van der Waals surface area contributed by atoms with Gasteiger partial charge in [-0.25, -0.2) is 0 Å². The van der Waals surface area contributed by atoms with Crippen LogP contribution in [0, 0.1) is 0 Å². The Hall–Kier alpha value is -3.15. The van der Waals surface area contributed by atoms with Gasteiger partial charge in [-0.2, -0.15) is 0 Å². The summed E-state index contributed by atoms with van der Waals surface area (Å²) in [5.41, 5.74) is 1.16. The first-order valence-corrected chi connectivity index (χ1v) is 12.1. The molecule has 4 N–H and O–H groups in total. The highest BCUT2D eigenvalue weighted by Crippen LogP contribution is 2.35. The molecule has 6 nitrogen and oxygen atoms in total. The largest absolute Gasteiger partial charge is 0.508 e. The molecule has 1 heterocycles. The molecule has 3 rings (SSSR count). The number of hydrogen-bond donors (Lipinski definition) is 4. The molecule has 0 aliphatic carbocycles. The van der Waals surface area contributed by atoms with Gasteiger partial charge in [0.2, 0.25) is 0 Å². The zero-order valence-corrected chi connectivity index (χ0v) is 19.4. The molecule has 0 aliphatic heterocycles. The second kappa shape index (κ2) is 12.2. The Morgan fingerprint density at radius 2 is 1.33 bits per heavy atom. The van der Waals surface area contributed by atoms with Gasteiger partial charge in [0, 0.05) is 29.6 Å². The van der Waals surface area contributed by atoms with Gasteiger partial charge in [-0.3, -0.25) is 4.79 Å². The van der Waals surface area contributed by atoms with Crippen LogP contribution in [-0.4, -0.2) is 27.8 Å². The zero-order chi connectivity index (χ0) is 23.6. The molecule has 1 aromatic heterocycles. The Labute approximate surface area is 195 Å². The van der Waals surface area contributed by atoms with E-state index in [4.69, 9.17) is 4.42 Å². The lowest BCUT2D eigenvalue weighted by Gasteiger charge is -2.07. The predicted molar refractivity (Wildman–Crippen MR) is 131 cm³/mol. The summed E-state index contributed by atoms with van der Waals surface area (Å²) < 4.78 is 5.78. The normalized spacial score (nSPS) is 11.2. The van der Waals surface area contributed by atoms with Crippen molar-refractivity contribution in [1.82, 2.24) is 5.32 Å². The van der Waals surface area contributed by atoms with E-state index in [1.165, 1.54) is 81.7 Å². The van der Waals surface area contributed by atoms with Crippen LogP contribution in [0.25, 0.3) is 22.3 Å². The summed E-state index contributed by atoms with van der Waals surface area (Å²) in [6.07, 6.45) is 12.3. The molecule has 178 valence electrons. The van der Waals surface area contributed by atoms with Crippen molar-refractivity contribution < 1.29 is 24.5 Å². The summed E-state index contributed by atoms with van der Waals surface area (Å²) in [6, 6.07) is 8.70. The summed E-state index contributed by atoms with van der Waals surface area (Å²) in [5.74, 6) is -0.139. The molecule has 2 aromatic carbocycles. The molecule has 0 unspecified atom stereocenters. The molecule has 0 atom stereocenters. The van der Waals surface area contributed by atoms with Crippen LogP contribution in [0.3, 0.4) is 0 Å². The number of hydrogen-bond acceptors (Lipinski definition) is 5. The van der Waals surface area contributed by atoms with Crippen molar-refractivity contribution in [3.05, 3.63) is 42.0 Å². The number of nitrogens with one attached hydrogen (secondary N) is 1. The number of benzene rings is 2. The highest BCUT2D eigenvalue weighted by atomic mass is 16.3. The van der Waals surface area contributed by atoms with Crippen LogP contribution >= 0.6 is 0 Å². The average molecular weight is 454 g/mol. The Morgan fingerprint density at radius 1 is 0.758 bits per heavy atom. The molecule has 0 spiro atoms. The maximum absolute atomic E-state index is 12.8. The molecule has 3 aromatic rings. The average Bonchev–Trinajstić information content (AvgIpc) is 3.20. The molecular weight excluding hydrogens is 418 g/mol. The third kappa shape index (κ3) is 7.17. The van der Waals surface area contributed by atoms with Gasteiger partial charge in [0.15, 0.2) is 0 Å². The van der Waals surface area contributed by atoms with Gasteiger partial charge in [-0.15, -0.1) is 0 Å². The van der Waals surface area contributed by atoms with Crippen molar-refractivity contribution >= 4 is 16.9 Å². The van der Waals surface area contributed by atoms with Gasteiger partial charge >= 0.3 is 0 Å². The highest BCUT2D eigenvalue weighted by molar-refractivity contribution is 6.07. The first kappa shape index (κ1) is 24.5. The number of unbranched alkanes of at least 4 members (excludes halogenated alkanes) is 9. The number of aromatic hydroxyl groups is 3. The fourth-order valence-corrected chi connectivity index (χ4v) is 4.10. The number of amides is 1. The summed E-state index contributed by atoms with van der Waals surface area (Å²) in [4.78, 5) is 12.8. The van der Waals surface area contributed by atoms with Gasteiger partial charge in [0.05, 0.1) is 5.56 Å². The fraction of sp³-hybridized carbons (Fsp3) is 0.444. The molecule has 6 heteroatoms. The second-order valence-corrected chi connectivity index (χ2v) is 8.69. The quantitative estimate of drug-likeness (QED) is 0.212. The fourth-order valence-electron chi connectivity index (χ4n) is 4.10. The van der Waals surface area contributed by atoms with Crippen LogP contribution in [0.4, 0.5) is 0 Å². The van der Waals surface area contributed by atoms with E-state index in [1.54, 1.807) is 6.07 Å². The molecular formula is C27H35NO5. The number of phenols is 3. The van der Waals surface area contributed by atoms with Gasteiger partial charge in [-0.05, 0) is 30.7 Å². The van der Waals surface area contributed by atoms with Crippen molar-refractivity contribution in [2.75, 3.05) is 6.54 Å². The monoisotopic (exact) mass is 453 g/mol. The first-order chi connectivity index (χ1) is 16.0. The number of carbonyl (C=O) groups is 1. The minimum absolute atomic E-state index is 0.0637. The van der Waals surface area contributed by atoms with Crippen LogP contribution < -0.4 is 5.32 Å². The molecule has 1 amide bonds. The molecule has 0 aliphatic rings. The van der Waals surface area contributed by atoms with Crippen LogP contribution in [0.2, 0.25) is 0 Å². The third-order valence-corrected chi connectivity index (χ3v) is 5.87. The van der Waals surface area contributed by atoms with Crippen LogP contribution in [0.5, 0.6) is 17.2 Å². The number of fused-ring (bicyclic) bond motifs is 1. The van der Waals surface area contributed by atoms with Gasteiger partial charge in [0.1, 0.15) is 28.6 Å². The molecule has 0 saturated carbocycles. The van der Waals surface area contributed by atoms with E-state index >= 15 is 0 Å². The SMILES string of the molecule is CCCCCCCCCCCCNC(=O)c1cc(O)cc2oc(-c3cc(O)cc(O)c3)cc12. The third-order valence-electron chi connectivity index (χ3n) is 5.87. The van der Waals surface area contributed by atoms with Crippen molar-refractivity contribution in [3.8, 4) is 28.6 Å². The Morgan fingerprint density at radius 3 is 1.97 bits per heavy atom. The number of furan rings is 1. The smallest absolute Gasteiger partial charge is 0.252 e. The van der Waals surface area contributed by atoms with Gasteiger partial charge in [-0.1, -0.05) is 64.7 Å². The number of rotatable bonds is 13. The highest BCUT2D eigenvalue weighted by Gasteiger charge is 2.17. The second-order valence-electron chi connectivity index (χ2n) is 8.69. The lowest BCUT2D eigenvalue weighted by atomic mass is 10.1. The lowest BCUT2D eigenvalue weighted by Crippen LogP contribution is -2.24. The summed E-state index contributed by atoms with van der Waals surface area (Å²) in [6.45, 7) is 2.82. The molecule has 0 saturated heterocycles. The summed E-state index contributed by atoms with van der Waals surface area (Å²) in [5, 5.41) is 33.1. The van der Waals surface area contributed by atoms with E-state index < -0.39 is 0 Å². The van der Waals surface area contributed by atoms with E-state index in [2.05, 4.69) is 12.2 Å². The lowest BCUT2D eigenvalue weighted by molar-refractivity contribution is 0.0954. The topological polar surface area (TPSA) is 103 Å². The molecule has 0 fully saturated rings. The van der Waals surface area contributed by atoms with E-state index in [0.29, 0.717) is 34.4 Å². The Balaban J connectivity index is 1.53. The van der Waals surface area contributed by atoms with Crippen molar-refractivity contribution in [2.45, 2.75) is 71.1 Å². The first-order valence-electron chi connectivity index (χ1n) is 12.1. The maximum Gasteiger partial charge on any atom is 0.252 e. The van der Waals surface area contributed by atoms with Crippen molar-refractivity contribution in [3.63, 3.8) is 0 Å². The predicted octanol–water partition coefficient (Wildman–Crippen LogP) is 6.87. The van der Waals surface area contributed by atoms with Crippen molar-refractivity contribution in [2.24, 2.45) is 0 Å². The zero-order valence-electron chi connectivity index (χ0n) is 19.4. The minimum Gasteiger partial charge on any atom is -0.508 e.